The van der Waals surface area contributed by atoms with Crippen LogP contribution in [0.2, 0.25) is 0 Å². The van der Waals surface area contributed by atoms with Crippen LogP contribution >= 0.6 is 15.9 Å². The van der Waals surface area contributed by atoms with Gasteiger partial charge in [-0.2, -0.15) is 13.2 Å². The van der Waals surface area contributed by atoms with Gasteiger partial charge in [-0.1, -0.05) is 0 Å². The molecule has 0 bridgehead atoms. The fourth-order valence-corrected chi connectivity index (χ4v) is 3.94. The number of halogens is 4. The van der Waals surface area contributed by atoms with Gasteiger partial charge < -0.3 is 0 Å². The van der Waals surface area contributed by atoms with E-state index in [-0.39, 0.29) is 18.0 Å². The van der Waals surface area contributed by atoms with E-state index in [1.807, 2.05) is 0 Å². The van der Waals surface area contributed by atoms with E-state index < -0.39 is 21.8 Å². The summed E-state index contributed by atoms with van der Waals surface area (Å²) in [7, 11) is -3.49. The van der Waals surface area contributed by atoms with Crippen molar-refractivity contribution in [1.82, 2.24) is 0 Å². The smallest absolute Gasteiger partial charge is 0.269 e. The van der Waals surface area contributed by atoms with Gasteiger partial charge in [0, 0.05) is 11.0 Å². The summed E-state index contributed by atoms with van der Waals surface area (Å²) in [6, 6.07) is 2.98. The van der Waals surface area contributed by atoms with Crippen molar-refractivity contribution in [3.05, 3.63) is 28.2 Å². The van der Waals surface area contributed by atoms with Gasteiger partial charge in [0.15, 0.2) is 0 Å². The lowest BCUT2D eigenvalue weighted by Gasteiger charge is -2.20. The van der Waals surface area contributed by atoms with Crippen LogP contribution in [0.4, 0.5) is 18.9 Å². The van der Waals surface area contributed by atoms with Crippen LogP contribution in [0.25, 0.3) is 0 Å². The van der Waals surface area contributed by atoms with Crippen molar-refractivity contribution in [3.63, 3.8) is 0 Å². The Kier molecular flexibility index (Phi) is 3.35. The van der Waals surface area contributed by atoms with E-state index >= 15 is 0 Å². The van der Waals surface area contributed by atoms with Crippen LogP contribution in [0, 0.1) is 0 Å². The first-order valence-corrected chi connectivity index (χ1v) is 7.49. The Morgan fingerprint density at radius 3 is 2.44 bits per heavy atom. The first-order chi connectivity index (χ1) is 8.22. The molecule has 3 nitrogen and oxygen atoms in total. The molecule has 0 unspecified atom stereocenters. The lowest BCUT2D eigenvalue weighted by atomic mass is 10.2. The van der Waals surface area contributed by atoms with Crippen LogP contribution in [0.5, 0.6) is 0 Å². The second-order valence-electron chi connectivity index (χ2n) is 3.91. The van der Waals surface area contributed by atoms with Crippen LogP contribution < -0.4 is 4.31 Å². The minimum Gasteiger partial charge on any atom is -0.269 e. The molecule has 1 aromatic carbocycles. The van der Waals surface area contributed by atoms with Crippen molar-refractivity contribution in [2.45, 2.75) is 12.6 Å². The lowest BCUT2D eigenvalue weighted by molar-refractivity contribution is -0.137. The molecular formula is C10H9BrF3NO2S. The van der Waals surface area contributed by atoms with Crippen molar-refractivity contribution < 1.29 is 21.6 Å². The summed E-state index contributed by atoms with van der Waals surface area (Å²) in [5.41, 5.74) is -0.815. The fourth-order valence-electron chi connectivity index (χ4n) is 1.79. The average molecular weight is 344 g/mol. The van der Waals surface area contributed by atoms with Gasteiger partial charge in [0.2, 0.25) is 10.0 Å². The normalized spacial score (nSPS) is 19.2. The quantitative estimate of drug-likeness (QED) is 0.786. The van der Waals surface area contributed by atoms with Crippen molar-refractivity contribution >= 4 is 31.6 Å². The molecule has 2 rings (SSSR count). The van der Waals surface area contributed by atoms with Crippen LogP contribution in [0.15, 0.2) is 22.7 Å². The molecule has 0 aromatic heterocycles. The molecule has 1 heterocycles. The number of benzene rings is 1. The topological polar surface area (TPSA) is 37.4 Å². The second kappa shape index (κ2) is 4.41. The summed E-state index contributed by atoms with van der Waals surface area (Å²) in [5, 5.41) is 0. The van der Waals surface area contributed by atoms with Gasteiger partial charge in [-0.05, 0) is 40.5 Å². The number of anilines is 1. The highest BCUT2D eigenvalue weighted by molar-refractivity contribution is 9.10. The summed E-state index contributed by atoms with van der Waals surface area (Å²) in [4.78, 5) is 0. The molecule has 1 aliphatic heterocycles. The highest BCUT2D eigenvalue weighted by atomic mass is 79.9. The average Bonchev–Trinajstić information content (AvgIpc) is 2.57. The molecule has 1 aliphatic rings. The van der Waals surface area contributed by atoms with Crippen LogP contribution in [-0.4, -0.2) is 20.7 Å². The first kappa shape index (κ1) is 13.7. The molecule has 1 aromatic rings. The number of rotatable bonds is 1. The molecule has 0 atom stereocenters. The van der Waals surface area contributed by atoms with Gasteiger partial charge >= 0.3 is 6.18 Å². The minimum absolute atomic E-state index is 0.0321. The Morgan fingerprint density at radius 1 is 1.28 bits per heavy atom. The Labute approximate surface area is 111 Å². The summed E-state index contributed by atoms with van der Waals surface area (Å²) in [6.07, 6.45) is -4.07. The highest BCUT2D eigenvalue weighted by Crippen LogP contribution is 2.37. The zero-order chi connectivity index (χ0) is 13.6. The van der Waals surface area contributed by atoms with E-state index in [1.54, 1.807) is 0 Å². The molecule has 0 radical (unpaired) electrons. The third-order valence-electron chi connectivity index (χ3n) is 2.64. The standard InChI is InChI=1S/C10H9BrF3NO2S/c11-8-3-2-7(10(12,13)14)6-9(8)15-4-1-5-18(15,16)17/h2-3,6H,1,4-5H2. The second-order valence-corrected chi connectivity index (χ2v) is 6.77. The molecule has 100 valence electrons. The molecule has 8 heteroatoms. The summed E-state index contributed by atoms with van der Waals surface area (Å²) >= 11 is 3.09. The van der Waals surface area contributed by atoms with Gasteiger partial charge in [0.05, 0.1) is 17.0 Å². The van der Waals surface area contributed by atoms with E-state index in [0.29, 0.717) is 10.9 Å². The molecule has 0 saturated carbocycles. The molecule has 1 fully saturated rings. The van der Waals surface area contributed by atoms with E-state index in [1.165, 1.54) is 6.07 Å². The van der Waals surface area contributed by atoms with Crippen molar-refractivity contribution in [3.8, 4) is 0 Å². The first-order valence-electron chi connectivity index (χ1n) is 5.09. The Hall–Kier alpha value is -0.760. The predicted octanol–water partition coefficient (Wildman–Crippen LogP) is 3.01. The fraction of sp³-hybridized carbons (Fsp3) is 0.400. The molecular weight excluding hydrogens is 335 g/mol. The van der Waals surface area contributed by atoms with E-state index in [4.69, 9.17) is 0 Å². The molecule has 0 N–H and O–H groups in total. The monoisotopic (exact) mass is 343 g/mol. The Morgan fingerprint density at radius 2 is 1.94 bits per heavy atom. The molecule has 0 spiro atoms. The van der Waals surface area contributed by atoms with Crippen LogP contribution in [-0.2, 0) is 16.2 Å². The summed E-state index contributed by atoms with van der Waals surface area (Å²) in [6.45, 7) is 0.211. The molecule has 0 aliphatic carbocycles. The lowest BCUT2D eigenvalue weighted by Crippen LogP contribution is -2.25. The Bertz CT molecular complexity index is 571. The Balaban J connectivity index is 2.51. The number of hydrogen-bond acceptors (Lipinski definition) is 2. The van der Waals surface area contributed by atoms with Gasteiger partial charge in [-0.3, -0.25) is 4.31 Å². The molecule has 0 amide bonds. The maximum absolute atomic E-state index is 12.6. The number of nitrogens with zero attached hydrogens (tertiary/aromatic N) is 1. The summed E-state index contributed by atoms with van der Waals surface area (Å²) < 4.78 is 62.5. The highest BCUT2D eigenvalue weighted by Gasteiger charge is 2.34. The molecule has 18 heavy (non-hydrogen) atoms. The zero-order valence-electron chi connectivity index (χ0n) is 9.04. The van der Waals surface area contributed by atoms with Gasteiger partial charge in [0.25, 0.3) is 0 Å². The maximum Gasteiger partial charge on any atom is 0.416 e. The van der Waals surface area contributed by atoms with Crippen molar-refractivity contribution in [1.29, 1.82) is 0 Å². The summed E-state index contributed by atoms with van der Waals surface area (Å²) in [5.74, 6) is -0.0321. The van der Waals surface area contributed by atoms with Crippen molar-refractivity contribution in [2.24, 2.45) is 0 Å². The minimum atomic E-state index is -4.49. The number of sulfonamides is 1. The van der Waals surface area contributed by atoms with Gasteiger partial charge in [0.1, 0.15) is 0 Å². The number of hydrogen-bond donors (Lipinski definition) is 0. The van der Waals surface area contributed by atoms with Crippen molar-refractivity contribution in [2.75, 3.05) is 16.6 Å². The maximum atomic E-state index is 12.6. The molecule has 1 saturated heterocycles. The third kappa shape index (κ3) is 2.49. The van der Waals surface area contributed by atoms with Crippen LogP contribution in [0.1, 0.15) is 12.0 Å². The SMILES string of the molecule is O=S1(=O)CCCN1c1cc(C(F)(F)F)ccc1Br. The van der Waals surface area contributed by atoms with E-state index in [9.17, 15) is 21.6 Å². The van der Waals surface area contributed by atoms with Gasteiger partial charge in [-0.25, -0.2) is 8.42 Å². The zero-order valence-corrected chi connectivity index (χ0v) is 11.4. The van der Waals surface area contributed by atoms with Crippen LogP contribution in [0.3, 0.4) is 0 Å². The van der Waals surface area contributed by atoms with E-state index in [2.05, 4.69) is 15.9 Å². The largest absolute Gasteiger partial charge is 0.416 e. The predicted molar refractivity (Wildman–Crippen MR) is 64.9 cm³/mol. The van der Waals surface area contributed by atoms with E-state index in [0.717, 1.165) is 16.4 Å². The third-order valence-corrected chi connectivity index (χ3v) is 5.17. The number of alkyl halides is 3. The van der Waals surface area contributed by atoms with Gasteiger partial charge in [-0.15, -0.1) is 0 Å².